The Kier molecular flexibility index (Phi) is 5.29. The predicted octanol–water partition coefficient (Wildman–Crippen LogP) is 4.69. The van der Waals surface area contributed by atoms with Crippen LogP contribution in [0.25, 0.3) is 10.8 Å². The molecule has 0 unspecified atom stereocenters. The van der Waals surface area contributed by atoms with Crippen LogP contribution in [-0.2, 0) is 21.5 Å². The summed E-state index contributed by atoms with van der Waals surface area (Å²) < 4.78 is 5.69. The zero-order valence-electron chi connectivity index (χ0n) is 17.3. The lowest BCUT2D eigenvalue weighted by Gasteiger charge is -2.37. The first-order valence-corrected chi connectivity index (χ1v) is 11.4. The fraction of sp³-hybridized carbons (Fsp3) is 0.304. The van der Waals surface area contributed by atoms with Crippen molar-refractivity contribution in [3.8, 4) is 0 Å². The number of likely N-dealkylation sites (tertiary alicyclic amines) is 1. The van der Waals surface area contributed by atoms with Gasteiger partial charge in [-0.25, -0.2) is 4.79 Å². The van der Waals surface area contributed by atoms with E-state index in [4.69, 9.17) is 16.3 Å². The monoisotopic (exact) mass is 514 g/mol. The number of fused-ring (bicyclic) bond motifs is 3. The van der Waals surface area contributed by atoms with Gasteiger partial charge in [-0.1, -0.05) is 17.7 Å². The number of nitrogens with zero attached hydrogens (tertiary/aromatic N) is 4. The van der Waals surface area contributed by atoms with Gasteiger partial charge in [0.2, 0.25) is 5.91 Å². The molecule has 2 amide bonds. The highest BCUT2D eigenvalue weighted by Crippen LogP contribution is 2.48. The number of halogens is 2. The summed E-state index contributed by atoms with van der Waals surface area (Å²) in [5, 5.41) is 2.56. The van der Waals surface area contributed by atoms with Crippen molar-refractivity contribution in [2.24, 2.45) is 0 Å². The molecule has 1 fully saturated rings. The fourth-order valence-electron chi connectivity index (χ4n) is 4.79. The quantitative estimate of drug-likeness (QED) is 0.495. The number of ether oxygens (including phenoxy) is 1. The third-order valence-electron chi connectivity index (χ3n) is 6.48. The van der Waals surface area contributed by atoms with Gasteiger partial charge >= 0.3 is 6.09 Å². The van der Waals surface area contributed by atoms with Crippen molar-refractivity contribution >= 4 is 56.0 Å². The van der Waals surface area contributed by atoms with Gasteiger partial charge in [-0.2, -0.15) is 0 Å². The topological polar surface area (TPSA) is 75.6 Å². The van der Waals surface area contributed by atoms with Crippen LogP contribution in [-0.4, -0.2) is 47.1 Å². The molecule has 2 aliphatic heterocycles. The Bertz CT molecular complexity index is 1240. The molecule has 4 heterocycles. The standard InChI is InChI=1S/C23H20BrClN4O3/c1-32-22(31)28-8-5-23(6-9-28)17-4-7-26-12-19(17)29(21(23)30)13-18-20(24)16-3-2-15(25)10-14(16)11-27-18/h2-4,7,10-12H,5-6,8-9,13H2,1H3. The molecule has 0 N–H and O–H groups in total. The molecule has 3 aromatic rings. The van der Waals surface area contributed by atoms with Crippen LogP contribution in [0.2, 0.25) is 5.02 Å². The molecule has 0 aliphatic carbocycles. The smallest absolute Gasteiger partial charge is 0.409 e. The number of aromatic nitrogens is 2. The minimum absolute atomic E-state index is 0.0231. The van der Waals surface area contributed by atoms with Gasteiger partial charge in [0.15, 0.2) is 0 Å². The number of benzene rings is 1. The molecular formula is C23H20BrClN4O3. The number of hydrogen-bond donors (Lipinski definition) is 0. The Labute approximate surface area is 198 Å². The molecule has 0 radical (unpaired) electrons. The molecule has 164 valence electrons. The molecule has 32 heavy (non-hydrogen) atoms. The van der Waals surface area contributed by atoms with Gasteiger partial charge < -0.3 is 14.5 Å². The van der Waals surface area contributed by atoms with Crippen LogP contribution < -0.4 is 4.90 Å². The second-order valence-electron chi connectivity index (χ2n) is 8.07. The molecule has 1 saturated heterocycles. The zero-order chi connectivity index (χ0) is 22.5. The van der Waals surface area contributed by atoms with Crippen LogP contribution in [0.5, 0.6) is 0 Å². The summed E-state index contributed by atoms with van der Waals surface area (Å²) in [5.74, 6) is 0.0231. The van der Waals surface area contributed by atoms with E-state index in [1.54, 1.807) is 28.4 Å². The average Bonchev–Trinajstić information content (AvgIpc) is 3.03. The second-order valence-corrected chi connectivity index (χ2v) is 9.30. The number of rotatable bonds is 2. The molecule has 1 spiro atoms. The van der Waals surface area contributed by atoms with Crippen molar-refractivity contribution in [3.05, 3.63) is 63.6 Å². The number of methoxy groups -OCH3 is 1. The maximum absolute atomic E-state index is 13.8. The number of amides is 2. The lowest BCUT2D eigenvalue weighted by molar-refractivity contribution is -0.124. The molecule has 7 nitrogen and oxygen atoms in total. The van der Waals surface area contributed by atoms with E-state index in [1.165, 1.54) is 7.11 Å². The van der Waals surface area contributed by atoms with Gasteiger partial charge in [-0.05, 0) is 57.9 Å². The van der Waals surface area contributed by atoms with Crippen molar-refractivity contribution in [1.82, 2.24) is 14.9 Å². The fourth-order valence-corrected chi connectivity index (χ4v) is 5.56. The number of carbonyl (C=O) groups excluding carboxylic acids is 2. The summed E-state index contributed by atoms with van der Waals surface area (Å²) >= 11 is 9.79. The average molecular weight is 516 g/mol. The summed E-state index contributed by atoms with van der Waals surface area (Å²) in [6.07, 6.45) is 5.96. The lowest BCUT2D eigenvalue weighted by Crippen LogP contribution is -2.50. The van der Waals surface area contributed by atoms with Crippen LogP contribution in [0.4, 0.5) is 10.5 Å². The lowest BCUT2D eigenvalue weighted by atomic mass is 9.74. The summed E-state index contributed by atoms with van der Waals surface area (Å²) in [6, 6.07) is 7.57. The van der Waals surface area contributed by atoms with Gasteiger partial charge in [0.1, 0.15) is 0 Å². The first-order valence-electron chi connectivity index (χ1n) is 10.3. The number of carbonyl (C=O) groups is 2. The van der Waals surface area contributed by atoms with E-state index >= 15 is 0 Å². The molecule has 0 saturated carbocycles. The van der Waals surface area contributed by atoms with E-state index in [-0.39, 0.29) is 12.0 Å². The minimum Gasteiger partial charge on any atom is -0.453 e. The van der Waals surface area contributed by atoms with Gasteiger partial charge in [0, 0.05) is 40.4 Å². The number of pyridine rings is 2. The normalized spacial score (nSPS) is 17.2. The highest BCUT2D eigenvalue weighted by atomic mass is 79.9. The maximum atomic E-state index is 13.8. The summed E-state index contributed by atoms with van der Waals surface area (Å²) in [5.41, 5.74) is 1.85. The highest BCUT2D eigenvalue weighted by Gasteiger charge is 2.52. The first kappa shape index (κ1) is 21.2. The molecule has 9 heteroatoms. The minimum atomic E-state index is -0.667. The van der Waals surface area contributed by atoms with E-state index in [2.05, 4.69) is 25.9 Å². The third kappa shape index (κ3) is 3.24. The van der Waals surface area contributed by atoms with E-state index in [0.717, 1.165) is 32.2 Å². The van der Waals surface area contributed by atoms with Gasteiger partial charge in [0.05, 0.1) is 36.6 Å². The number of anilines is 1. The van der Waals surface area contributed by atoms with Crippen molar-refractivity contribution in [1.29, 1.82) is 0 Å². The van der Waals surface area contributed by atoms with Gasteiger partial charge in [0.25, 0.3) is 0 Å². The van der Waals surface area contributed by atoms with Crippen molar-refractivity contribution in [2.45, 2.75) is 24.8 Å². The van der Waals surface area contributed by atoms with E-state index in [9.17, 15) is 9.59 Å². The Balaban J connectivity index is 1.49. The molecule has 0 bridgehead atoms. The van der Waals surface area contributed by atoms with Crippen LogP contribution >= 0.6 is 27.5 Å². The van der Waals surface area contributed by atoms with Crippen LogP contribution in [0.3, 0.4) is 0 Å². The van der Waals surface area contributed by atoms with Crippen LogP contribution in [0.1, 0.15) is 24.1 Å². The Hall–Kier alpha value is -2.71. The van der Waals surface area contributed by atoms with E-state index < -0.39 is 5.41 Å². The Morgan fingerprint density at radius 2 is 2.03 bits per heavy atom. The Morgan fingerprint density at radius 1 is 1.25 bits per heavy atom. The van der Waals surface area contributed by atoms with Crippen molar-refractivity contribution in [3.63, 3.8) is 0 Å². The zero-order valence-corrected chi connectivity index (χ0v) is 19.7. The SMILES string of the molecule is COC(=O)N1CCC2(CC1)C(=O)N(Cc1ncc3cc(Cl)ccc3c1Br)c1cnccc12. The van der Waals surface area contributed by atoms with E-state index in [0.29, 0.717) is 37.5 Å². The van der Waals surface area contributed by atoms with Gasteiger partial charge in [-0.15, -0.1) is 0 Å². The first-order chi connectivity index (χ1) is 15.4. The third-order valence-corrected chi connectivity index (χ3v) is 7.60. The highest BCUT2D eigenvalue weighted by molar-refractivity contribution is 9.10. The van der Waals surface area contributed by atoms with Crippen LogP contribution in [0, 0.1) is 0 Å². The van der Waals surface area contributed by atoms with Gasteiger partial charge in [-0.3, -0.25) is 14.8 Å². The molecule has 5 rings (SSSR count). The van der Waals surface area contributed by atoms with E-state index in [1.807, 2.05) is 24.3 Å². The number of piperidine rings is 1. The Morgan fingerprint density at radius 3 is 2.78 bits per heavy atom. The summed E-state index contributed by atoms with van der Waals surface area (Å²) in [4.78, 5) is 38.1. The second kappa shape index (κ2) is 8.01. The molecule has 2 aromatic heterocycles. The molecular weight excluding hydrogens is 496 g/mol. The molecule has 1 aromatic carbocycles. The number of hydrogen-bond acceptors (Lipinski definition) is 5. The largest absolute Gasteiger partial charge is 0.453 e. The van der Waals surface area contributed by atoms with Crippen molar-refractivity contribution < 1.29 is 14.3 Å². The van der Waals surface area contributed by atoms with Crippen LogP contribution in [0.15, 0.2) is 47.3 Å². The summed E-state index contributed by atoms with van der Waals surface area (Å²) in [7, 11) is 1.37. The summed E-state index contributed by atoms with van der Waals surface area (Å²) in [6.45, 7) is 1.25. The maximum Gasteiger partial charge on any atom is 0.409 e. The predicted molar refractivity (Wildman–Crippen MR) is 125 cm³/mol. The molecule has 2 aliphatic rings. The van der Waals surface area contributed by atoms with Crippen molar-refractivity contribution in [2.75, 3.05) is 25.1 Å². The molecule has 0 atom stereocenters.